The van der Waals surface area contributed by atoms with Crippen LogP contribution in [0.25, 0.3) is 0 Å². The fraction of sp³-hybridized carbons (Fsp3) is 0.667. The van der Waals surface area contributed by atoms with Gasteiger partial charge in [0, 0.05) is 26.1 Å². The number of hydrogen-bond donors (Lipinski definition) is 1. The summed E-state index contributed by atoms with van der Waals surface area (Å²) in [5.41, 5.74) is 2.51. The molecule has 4 nitrogen and oxygen atoms in total. The van der Waals surface area contributed by atoms with Gasteiger partial charge >= 0.3 is 0 Å². The second-order valence-corrected chi connectivity index (χ2v) is 4.25. The predicted octanol–water partition coefficient (Wildman–Crippen LogP) is 1.68. The quantitative estimate of drug-likeness (QED) is 0.838. The van der Waals surface area contributed by atoms with Crippen LogP contribution >= 0.6 is 0 Å². The molecule has 2 rings (SSSR count). The van der Waals surface area contributed by atoms with Gasteiger partial charge in [-0.15, -0.1) is 5.10 Å². The molecule has 1 aromatic heterocycles. The first-order valence-electron chi connectivity index (χ1n) is 6.15. The van der Waals surface area contributed by atoms with Gasteiger partial charge in [0.15, 0.2) is 0 Å². The van der Waals surface area contributed by atoms with Crippen molar-refractivity contribution in [3.63, 3.8) is 0 Å². The van der Waals surface area contributed by atoms with Crippen LogP contribution in [0.15, 0.2) is 6.07 Å². The summed E-state index contributed by atoms with van der Waals surface area (Å²) in [4.78, 5) is 2.44. The Balaban J connectivity index is 2.11. The van der Waals surface area contributed by atoms with Crippen molar-refractivity contribution in [3.8, 4) is 0 Å². The number of aromatic nitrogens is 2. The van der Waals surface area contributed by atoms with Gasteiger partial charge in [0.1, 0.15) is 5.82 Å². The largest absolute Gasteiger partial charge is 0.369 e. The Morgan fingerprint density at radius 3 is 3.00 bits per heavy atom. The Morgan fingerprint density at radius 1 is 1.38 bits per heavy atom. The highest BCUT2D eigenvalue weighted by Crippen LogP contribution is 2.18. The van der Waals surface area contributed by atoms with E-state index in [0.717, 1.165) is 44.8 Å². The van der Waals surface area contributed by atoms with E-state index in [4.69, 9.17) is 0 Å². The Hall–Kier alpha value is -1.16. The van der Waals surface area contributed by atoms with E-state index >= 15 is 0 Å². The molecule has 0 radical (unpaired) electrons. The summed E-state index contributed by atoms with van der Waals surface area (Å²) < 4.78 is 0. The van der Waals surface area contributed by atoms with E-state index < -0.39 is 0 Å². The van der Waals surface area contributed by atoms with Crippen LogP contribution < -0.4 is 5.32 Å². The molecule has 0 bridgehead atoms. The minimum Gasteiger partial charge on any atom is -0.369 e. The van der Waals surface area contributed by atoms with Crippen LogP contribution in [0.2, 0.25) is 0 Å². The number of fused-ring (bicyclic) bond motifs is 1. The zero-order valence-corrected chi connectivity index (χ0v) is 10.2. The summed E-state index contributed by atoms with van der Waals surface area (Å²) in [6.45, 7) is 8.56. The fourth-order valence-corrected chi connectivity index (χ4v) is 2.00. The fourth-order valence-electron chi connectivity index (χ4n) is 2.00. The summed E-state index contributed by atoms with van der Waals surface area (Å²) >= 11 is 0. The third-order valence-corrected chi connectivity index (χ3v) is 3.02. The van der Waals surface area contributed by atoms with E-state index in [1.807, 2.05) is 0 Å². The molecule has 4 heteroatoms. The first kappa shape index (κ1) is 11.3. The summed E-state index contributed by atoms with van der Waals surface area (Å²) in [5, 5.41) is 11.8. The number of likely N-dealkylation sites (N-methyl/N-ethyl adjacent to an activating group) is 1. The zero-order valence-electron chi connectivity index (χ0n) is 10.2. The lowest BCUT2D eigenvalue weighted by Crippen LogP contribution is -2.31. The van der Waals surface area contributed by atoms with Gasteiger partial charge in [-0.2, -0.15) is 5.10 Å². The smallest absolute Gasteiger partial charge is 0.148 e. The molecule has 0 aromatic carbocycles. The Labute approximate surface area is 97.1 Å². The molecular formula is C12H20N4. The molecule has 0 saturated carbocycles. The predicted molar refractivity (Wildman–Crippen MR) is 65.5 cm³/mol. The van der Waals surface area contributed by atoms with Crippen LogP contribution in [-0.4, -0.2) is 34.7 Å². The van der Waals surface area contributed by atoms with Gasteiger partial charge in [0.05, 0.1) is 5.69 Å². The molecular weight excluding hydrogens is 200 g/mol. The van der Waals surface area contributed by atoms with Crippen LogP contribution in [0.5, 0.6) is 0 Å². The van der Waals surface area contributed by atoms with Crippen LogP contribution in [-0.2, 0) is 13.0 Å². The molecule has 0 aliphatic carbocycles. The SMILES string of the molecule is CCCNc1cc2c(nn1)CCN(CC)C2. The van der Waals surface area contributed by atoms with Crippen LogP contribution in [0.1, 0.15) is 31.5 Å². The Bertz CT molecular complexity index is 351. The maximum Gasteiger partial charge on any atom is 0.148 e. The second kappa shape index (κ2) is 5.25. The molecule has 2 heterocycles. The van der Waals surface area contributed by atoms with Gasteiger partial charge in [-0.25, -0.2) is 0 Å². The van der Waals surface area contributed by atoms with E-state index in [1.54, 1.807) is 0 Å². The molecule has 0 amide bonds. The highest BCUT2D eigenvalue weighted by molar-refractivity contribution is 5.38. The molecule has 0 saturated heterocycles. The third kappa shape index (κ3) is 2.50. The number of anilines is 1. The highest BCUT2D eigenvalue weighted by Gasteiger charge is 2.16. The lowest BCUT2D eigenvalue weighted by Gasteiger charge is -2.26. The number of nitrogens with one attached hydrogen (secondary N) is 1. The topological polar surface area (TPSA) is 41.1 Å². The molecule has 88 valence electrons. The van der Waals surface area contributed by atoms with Crippen molar-refractivity contribution >= 4 is 5.82 Å². The number of rotatable bonds is 4. The van der Waals surface area contributed by atoms with Crippen molar-refractivity contribution in [2.75, 3.05) is 25.0 Å². The molecule has 0 atom stereocenters. The molecule has 0 unspecified atom stereocenters. The van der Waals surface area contributed by atoms with Crippen LogP contribution in [0.3, 0.4) is 0 Å². The minimum atomic E-state index is 0.915. The first-order chi connectivity index (χ1) is 7.83. The third-order valence-electron chi connectivity index (χ3n) is 3.02. The first-order valence-corrected chi connectivity index (χ1v) is 6.15. The lowest BCUT2D eigenvalue weighted by atomic mass is 10.1. The van der Waals surface area contributed by atoms with Gasteiger partial charge in [-0.3, -0.25) is 4.90 Å². The van der Waals surface area contributed by atoms with Gasteiger partial charge in [0.2, 0.25) is 0 Å². The monoisotopic (exact) mass is 220 g/mol. The summed E-state index contributed by atoms with van der Waals surface area (Å²) in [5.74, 6) is 0.915. The summed E-state index contributed by atoms with van der Waals surface area (Å²) in [7, 11) is 0. The average Bonchev–Trinajstić information content (AvgIpc) is 2.35. The lowest BCUT2D eigenvalue weighted by molar-refractivity contribution is 0.265. The second-order valence-electron chi connectivity index (χ2n) is 4.25. The molecule has 1 N–H and O–H groups in total. The van der Waals surface area contributed by atoms with Crippen molar-refractivity contribution in [2.45, 2.75) is 33.2 Å². The Morgan fingerprint density at radius 2 is 2.25 bits per heavy atom. The number of nitrogens with zero attached hydrogens (tertiary/aromatic N) is 3. The van der Waals surface area contributed by atoms with E-state index in [1.165, 1.54) is 11.3 Å². The van der Waals surface area contributed by atoms with Crippen molar-refractivity contribution in [3.05, 3.63) is 17.3 Å². The highest BCUT2D eigenvalue weighted by atomic mass is 15.2. The molecule has 1 aliphatic rings. The minimum absolute atomic E-state index is 0.915. The molecule has 0 fully saturated rings. The van der Waals surface area contributed by atoms with Crippen LogP contribution in [0, 0.1) is 0 Å². The van der Waals surface area contributed by atoms with Gasteiger partial charge in [-0.05, 0) is 24.6 Å². The average molecular weight is 220 g/mol. The van der Waals surface area contributed by atoms with E-state index in [2.05, 4.69) is 40.3 Å². The summed E-state index contributed by atoms with van der Waals surface area (Å²) in [6, 6.07) is 2.15. The van der Waals surface area contributed by atoms with E-state index in [-0.39, 0.29) is 0 Å². The van der Waals surface area contributed by atoms with Gasteiger partial charge in [-0.1, -0.05) is 13.8 Å². The van der Waals surface area contributed by atoms with Crippen molar-refractivity contribution < 1.29 is 0 Å². The normalized spacial score (nSPS) is 15.9. The number of hydrogen-bond acceptors (Lipinski definition) is 4. The molecule has 16 heavy (non-hydrogen) atoms. The van der Waals surface area contributed by atoms with E-state index in [0.29, 0.717) is 0 Å². The summed E-state index contributed by atoms with van der Waals surface area (Å²) in [6.07, 6.45) is 2.14. The maximum atomic E-state index is 4.30. The molecule has 1 aliphatic heterocycles. The molecule has 1 aromatic rings. The van der Waals surface area contributed by atoms with Crippen molar-refractivity contribution in [2.24, 2.45) is 0 Å². The van der Waals surface area contributed by atoms with Gasteiger partial charge < -0.3 is 5.32 Å². The maximum absolute atomic E-state index is 4.30. The van der Waals surface area contributed by atoms with E-state index in [9.17, 15) is 0 Å². The van der Waals surface area contributed by atoms with Crippen molar-refractivity contribution in [1.82, 2.24) is 15.1 Å². The standard InChI is InChI=1S/C12H20N4/c1-3-6-13-12-8-10-9-16(4-2)7-5-11(10)14-15-12/h8H,3-7,9H2,1-2H3,(H,13,15). The van der Waals surface area contributed by atoms with Crippen LogP contribution in [0.4, 0.5) is 5.82 Å². The zero-order chi connectivity index (χ0) is 11.4. The Kier molecular flexibility index (Phi) is 3.72. The molecule has 0 spiro atoms. The van der Waals surface area contributed by atoms with Crippen molar-refractivity contribution in [1.29, 1.82) is 0 Å². The van der Waals surface area contributed by atoms with Gasteiger partial charge in [0.25, 0.3) is 0 Å².